The van der Waals surface area contributed by atoms with Gasteiger partial charge in [-0.25, -0.2) is 0 Å². The van der Waals surface area contributed by atoms with Crippen LogP contribution in [0.4, 0.5) is 0 Å². The van der Waals surface area contributed by atoms with E-state index in [1.165, 1.54) is 11.8 Å². The molecule has 0 saturated carbocycles. The molecule has 0 saturated heterocycles. The maximum absolute atomic E-state index is 12.4. The third kappa shape index (κ3) is 2.37. The number of aryl methyl sites for hydroxylation is 3. The largest absolute Gasteiger partial charge is 0.469 e. The van der Waals surface area contributed by atoms with E-state index in [-0.39, 0.29) is 5.78 Å². The van der Waals surface area contributed by atoms with Crippen LogP contribution in [0.5, 0.6) is 0 Å². The first-order chi connectivity index (χ1) is 8.65. The molecule has 2 heteroatoms. The second-order valence-electron chi connectivity index (χ2n) is 4.47. The monoisotopic (exact) mass is 242 g/mol. The molecule has 0 unspecified atom stereocenters. The quantitative estimate of drug-likeness (QED) is 0.760. The number of rotatable bonds is 4. The molecule has 1 aromatic carbocycles. The molecule has 0 amide bonds. The molecule has 0 aliphatic heterocycles. The summed E-state index contributed by atoms with van der Waals surface area (Å²) in [6.45, 7) is 6.01. The molecule has 2 nitrogen and oxygen atoms in total. The van der Waals surface area contributed by atoms with E-state index in [1.54, 1.807) is 6.07 Å². The normalized spacial score (nSPS) is 10.6. The Hall–Kier alpha value is -1.83. The van der Waals surface area contributed by atoms with Crippen molar-refractivity contribution in [2.45, 2.75) is 33.6 Å². The van der Waals surface area contributed by atoms with Gasteiger partial charge in [0.1, 0.15) is 12.0 Å². The van der Waals surface area contributed by atoms with Crippen LogP contribution in [-0.2, 0) is 12.8 Å². The zero-order chi connectivity index (χ0) is 13.1. The maximum atomic E-state index is 12.4. The fourth-order valence-corrected chi connectivity index (χ4v) is 2.08. The highest BCUT2D eigenvalue weighted by Crippen LogP contribution is 2.19. The van der Waals surface area contributed by atoms with Crippen LogP contribution >= 0.6 is 0 Å². The van der Waals surface area contributed by atoms with Crippen molar-refractivity contribution in [1.29, 1.82) is 0 Å². The lowest BCUT2D eigenvalue weighted by Crippen LogP contribution is -2.05. The van der Waals surface area contributed by atoms with Crippen LogP contribution in [0.25, 0.3) is 0 Å². The van der Waals surface area contributed by atoms with Gasteiger partial charge in [0.25, 0.3) is 0 Å². The van der Waals surface area contributed by atoms with Crippen LogP contribution in [0, 0.1) is 6.92 Å². The van der Waals surface area contributed by atoms with Crippen molar-refractivity contribution in [2.24, 2.45) is 0 Å². The molecule has 0 radical (unpaired) electrons. The lowest BCUT2D eigenvalue weighted by molar-refractivity contribution is 0.103. The Bertz CT molecular complexity index is 564. The van der Waals surface area contributed by atoms with Crippen LogP contribution in [0.2, 0.25) is 0 Å². The van der Waals surface area contributed by atoms with E-state index < -0.39 is 0 Å². The highest BCUT2D eigenvalue weighted by Gasteiger charge is 2.15. The molecule has 0 fully saturated rings. The van der Waals surface area contributed by atoms with E-state index >= 15 is 0 Å². The van der Waals surface area contributed by atoms with E-state index in [0.29, 0.717) is 5.56 Å². The Kier molecular flexibility index (Phi) is 3.66. The van der Waals surface area contributed by atoms with Crippen LogP contribution < -0.4 is 0 Å². The van der Waals surface area contributed by atoms with Crippen molar-refractivity contribution in [1.82, 2.24) is 0 Å². The molecule has 0 aliphatic rings. The second kappa shape index (κ2) is 5.21. The third-order valence-electron chi connectivity index (χ3n) is 3.20. The number of furan rings is 1. The lowest BCUT2D eigenvalue weighted by atomic mass is 9.95. The van der Waals surface area contributed by atoms with Gasteiger partial charge >= 0.3 is 0 Å². The molecule has 1 heterocycles. The standard InChI is InChI=1S/C16H18O2/c1-4-12-6-7-13(5-2)15(9-12)16(17)14-8-11(3)18-10-14/h6-10H,4-5H2,1-3H3. The lowest BCUT2D eigenvalue weighted by Gasteiger charge is -2.08. The van der Waals surface area contributed by atoms with Crippen LogP contribution in [0.15, 0.2) is 34.9 Å². The fraction of sp³-hybridized carbons (Fsp3) is 0.312. The minimum atomic E-state index is 0.0546. The third-order valence-corrected chi connectivity index (χ3v) is 3.20. The summed E-state index contributed by atoms with van der Waals surface area (Å²) >= 11 is 0. The van der Waals surface area contributed by atoms with Crippen molar-refractivity contribution >= 4 is 5.78 Å². The SMILES string of the molecule is CCc1ccc(CC)c(C(=O)c2coc(C)c2)c1. The Morgan fingerprint density at radius 1 is 1.17 bits per heavy atom. The molecular formula is C16H18O2. The first-order valence-corrected chi connectivity index (χ1v) is 6.37. The second-order valence-corrected chi connectivity index (χ2v) is 4.47. The van der Waals surface area contributed by atoms with Crippen LogP contribution in [-0.4, -0.2) is 5.78 Å². The van der Waals surface area contributed by atoms with Gasteiger partial charge in [-0.3, -0.25) is 4.79 Å². The smallest absolute Gasteiger partial charge is 0.196 e. The first kappa shape index (κ1) is 12.6. The summed E-state index contributed by atoms with van der Waals surface area (Å²) in [4.78, 5) is 12.4. The molecule has 0 spiro atoms. The zero-order valence-electron chi connectivity index (χ0n) is 11.1. The summed E-state index contributed by atoms with van der Waals surface area (Å²) < 4.78 is 5.22. The van der Waals surface area contributed by atoms with E-state index in [0.717, 1.165) is 29.7 Å². The number of ketones is 1. The fourth-order valence-electron chi connectivity index (χ4n) is 2.08. The topological polar surface area (TPSA) is 30.2 Å². The van der Waals surface area contributed by atoms with Gasteiger partial charge in [-0.15, -0.1) is 0 Å². The van der Waals surface area contributed by atoms with Gasteiger partial charge in [-0.2, -0.15) is 0 Å². The van der Waals surface area contributed by atoms with Gasteiger partial charge in [0, 0.05) is 5.56 Å². The van der Waals surface area contributed by atoms with E-state index in [4.69, 9.17) is 4.42 Å². The van der Waals surface area contributed by atoms with Gasteiger partial charge < -0.3 is 4.42 Å². The Labute approximate surface area is 108 Å². The van der Waals surface area contributed by atoms with Gasteiger partial charge in [0.15, 0.2) is 5.78 Å². The van der Waals surface area contributed by atoms with Crippen molar-refractivity contribution in [2.75, 3.05) is 0 Å². The molecule has 0 aliphatic carbocycles. The van der Waals surface area contributed by atoms with Gasteiger partial charge in [0.2, 0.25) is 0 Å². The molecule has 2 rings (SSSR count). The summed E-state index contributed by atoms with van der Waals surface area (Å²) in [5.41, 5.74) is 3.72. The number of hydrogen-bond donors (Lipinski definition) is 0. The Morgan fingerprint density at radius 3 is 2.50 bits per heavy atom. The molecule has 2 aromatic rings. The molecule has 94 valence electrons. The molecule has 0 N–H and O–H groups in total. The molecule has 1 aromatic heterocycles. The van der Waals surface area contributed by atoms with Gasteiger partial charge in [-0.05, 0) is 43.0 Å². The zero-order valence-corrected chi connectivity index (χ0v) is 11.1. The molecule has 0 atom stereocenters. The number of hydrogen-bond acceptors (Lipinski definition) is 2. The van der Waals surface area contributed by atoms with Crippen molar-refractivity contribution in [3.63, 3.8) is 0 Å². The number of carbonyl (C=O) groups is 1. The van der Waals surface area contributed by atoms with Crippen LogP contribution in [0.1, 0.15) is 46.7 Å². The van der Waals surface area contributed by atoms with Gasteiger partial charge in [-0.1, -0.05) is 26.0 Å². The van der Waals surface area contributed by atoms with E-state index in [1.807, 2.05) is 13.0 Å². The Morgan fingerprint density at radius 2 is 1.94 bits per heavy atom. The molecule has 18 heavy (non-hydrogen) atoms. The maximum Gasteiger partial charge on any atom is 0.196 e. The minimum Gasteiger partial charge on any atom is -0.469 e. The van der Waals surface area contributed by atoms with Crippen molar-refractivity contribution in [3.05, 3.63) is 58.5 Å². The highest BCUT2D eigenvalue weighted by atomic mass is 16.3. The van der Waals surface area contributed by atoms with E-state index in [9.17, 15) is 4.79 Å². The molecular weight excluding hydrogens is 224 g/mol. The number of benzene rings is 1. The predicted octanol–water partition coefficient (Wildman–Crippen LogP) is 3.94. The molecule has 0 bridgehead atoms. The summed E-state index contributed by atoms with van der Waals surface area (Å²) in [6, 6.07) is 7.94. The average Bonchev–Trinajstić information content (AvgIpc) is 2.83. The van der Waals surface area contributed by atoms with Gasteiger partial charge in [0.05, 0.1) is 5.56 Å². The highest BCUT2D eigenvalue weighted by molar-refractivity contribution is 6.09. The minimum absolute atomic E-state index is 0.0546. The number of carbonyl (C=O) groups excluding carboxylic acids is 1. The summed E-state index contributed by atoms with van der Waals surface area (Å²) in [7, 11) is 0. The summed E-state index contributed by atoms with van der Waals surface area (Å²) in [6.07, 6.45) is 3.34. The summed E-state index contributed by atoms with van der Waals surface area (Å²) in [5.74, 6) is 0.821. The van der Waals surface area contributed by atoms with Crippen molar-refractivity contribution < 1.29 is 9.21 Å². The van der Waals surface area contributed by atoms with Crippen LogP contribution in [0.3, 0.4) is 0 Å². The Balaban J connectivity index is 2.45. The summed E-state index contributed by atoms with van der Waals surface area (Å²) in [5, 5.41) is 0. The van der Waals surface area contributed by atoms with E-state index in [2.05, 4.69) is 26.0 Å². The first-order valence-electron chi connectivity index (χ1n) is 6.37. The average molecular weight is 242 g/mol. The predicted molar refractivity (Wildman–Crippen MR) is 72.1 cm³/mol. The van der Waals surface area contributed by atoms with Crippen molar-refractivity contribution in [3.8, 4) is 0 Å².